The first-order chi connectivity index (χ1) is 17.7. The summed E-state index contributed by atoms with van der Waals surface area (Å²) in [6.45, 7) is 7.87. The topological polar surface area (TPSA) is 96.7 Å². The Hall–Kier alpha value is -3.81. The van der Waals surface area contributed by atoms with Crippen molar-refractivity contribution in [3.63, 3.8) is 0 Å². The Bertz CT molecular complexity index is 1280. The fraction of sp³-hybridized carbons (Fsp3) is 0.414. The highest BCUT2D eigenvalue weighted by Gasteiger charge is 2.35. The number of aromatic nitrogens is 2. The van der Waals surface area contributed by atoms with Gasteiger partial charge in [0.05, 0.1) is 5.69 Å². The molecular weight excluding hydrogens is 468 g/mol. The molecule has 0 saturated carbocycles. The van der Waals surface area contributed by atoms with Crippen LogP contribution in [0.15, 0.2) is 48.5 Å². The number of carboxylic acid groups (broad SMARTS) is 1. The van der Waals surface area contributed by atoms with E-state index in [0.29, 0.717) is 30.8 Å². The van der Waals surface area contributed by atoms with Crippen molar-refractivity contribution in [2.75, 3.05) is 18.0 Å². The molecule has 0 aliphatic carbocycles. The molecule has 4 rings (SSSR count). The monoisotopic (exact) mass is 504 g/mol. The average Bonchev–Trinajstić information content (AvgIpc) is 3.54. The van der Waals surface area contributed by atoms with Crippen molar-refractivity contribution < 1.29 is 19.4 Å². The van der Waals surface area contributed by atoms with Gasteiger partial charge in [-0.15, -0.1) is 0 Å². The molecule has 0 bridgehead atoms. The first kappa shape index (κ1) is 26.3. The number of nitrogens with one attached hydrogen (secondary N) is 1. The van der Waals surface area contributed by atoms with Crippen molar-refractivity contribution in [1.29, 1.82) is 0 Å². The number of rotatable bonds is 10. The SMILES string of the molecule is CCCC(C)(Oc1ccc(CNC(=O)c2cc(-c3cccc(N4CCCC4)c3)n(C)n2)cc1C)C(=O)O. The molecule has 1 aromatic heterocycles. The van der Waals surface area contributed by atoms with Crippen molar-refractivity contribution in [2.45, 2.75) is 58.6 Å². The molecular formula is C29H36N4O4. The number of aliphatic carboxylic acids is 1. The number of hydrogen-bond acceptors (Lipinski definition) is 5. The van der Waals surface area contributed by atoms with Gasteiger partial charge >= 0.3 is 5.97 Å². The molecule has 1 amide bonds. The van der Waals surface area contributed by atoms with Gasteiger partial charge in [0, 0.05) is 37.9 Å². The molecule has 2 aromatic carbocycles. The summed E-state index contributed by atoms with van der Waals surface area (Å²) < 4.78 is 7.62. The summed E-state index contributed by atoms with van der Waals surface area (Å²) in [7, 11) is 1.85. The van der Waals surface area contributed by atoms with E-state index in [4.69, 9.17) is 4.74 Å². The summed E-state index contributed by atoms with van der Waals surface area (Å²) >= 11 is 0. The van der Waals surface area contributed by atoms with Crippen LogP contribution >= 0.6 is 0 Å². The Morgan fingerprint density at radius 1 is 1.14 bits per heavy atom. The summed E-state index contributed by atoms with van der Waals surface area (Å²) in [5, 5.41) is 17.0. The molecule has 1 atom stereocenters. The van der Waals surface area contributed by atoms with Crippen LogP contribution in [-0.4, -0.2) is 45.5 Å². The number of carbonyl (C=O) groups is 2. The van der Waals surface area contributed by atoms with Crippen LogP contribution in [0.2, 0.25) is 0 Å². The van der Waals surface area contributed by atoms with Crippen LogP contribution in [0.5, 0.6) is 5.75 Å². The molecule has 1 fully saturated rings. The Labute approximate surface area is 218 Å². The van der Waals surface area contributed by atoms with Crippen molar-refractivity contribution in [1.82, 2.24) is 15.1 Å². The number of ether oxygens (including phenoxy) is 1. The molecule has 2 N–H and O–H groups in total. The lowest BCUT2D eigenvalue weighted by Crippen LogP contribution is -2.41. The second kappa shape index (κ2) is 11.1. The first-order valence-electron chi connectivity index (χ1n) is 12.9. The van der Waals surface area contributed by atoms with Gasteiger partial charge in [0.1, 0.15) is 5.75 Å². The lowest BCUT2D eigenvalue weighted by atomic mass is 10.00. The molecule has 8 heteroatoms. The zero-order valence-electron chi connectivity index (χ0n) is 22.1. The largest absolute Gasteiger partial charge is 0.478 e. The van der Waals surface area contributed by atoms with E-state index >= 15 is 0 Å². The zero-order chi connectivity index (χ0) is 26.6. The number of carboxylic acids is 1. The molecule has 1 saturated heterocycles. The van der Waals surface area contributed by atoms with Gasteiger partial charge in [-0.25, -0.2) is 4.79 Å². The number of carbonyl (C=O) groups excluding carboxylic acids is 1. The maximum Gasteiger partial charge on any atom is 0.347 e. The minimum atomic E-state index is -1.28. The smallest absolute Gasteiger partial charge is 0.347 e. The Morgan fingerprint density at radius 3 is 2.57 bits per heavy atom. The van der Waals surface area contributed by atoms with Crippen LogP contribution in [0.1, 0.15) is 61.1 Å². The number of amides is 1. The lowest BCUT2D eigenvalue weighted by Gasteiger charge is -2.27. The quantitative estimate of drug-likeness (QED) is 0.406. The van der Waals surface area contributed by atoms with Crippen LogP contribution in [0, 0.1) is 6.92 Å². The number of anilines is 1. The molecule has 1 aliphatic rings. The highest BCUT2D eigenvalue weighted by molar-refractivity contribution is 5.93. The van der Waals surface area contributed by atoms with Crippen molar-refractivity contribution >= 4 is 17.6 Å². The summed E-state index contributed by atoms with van der Waals surface area (Å²) in [5.74, 6) is -0.710. The number of benzene rings is 2. The number of nitrogens with zero attached hydrogens (tertiary/aromatic N) is 3. The molecule has 37 heavy (non-hydrogen) atoms. The summed E-state index contributed by atoms with van der Waals surface area (Å²) in [6, 6.07) is 15.7. The summed E-state index contributed by atoms with van der Waals surface area (Å²) in [6.07, 6.45) is 3.55. The van der Waals surface area contributed by atoms with E-state index in [1.807, 2.05) is 51.2 Å². The predicted octanol–water partition coefficient (Wildman–Crippen LogP) is 4.95. The zero-order valence-corrected chi connectivity index (χ0v) is 22.1. The molecule has 0 spiro atoms. The van der Waals surface area contributed by atoms with Crippen LogP contribution < -0.4 is 15.0 Å². The van der Waals surface area contributed by atoms with E-state index in [0.717, 1.165) is 35.5 Å². The lowest BCUT2D eigenvalue weighted by molar-refractivity contribution is -0.154. The molecule has 8 nitrogen and oxygen atoms in total. The third kappa shape index (κ3) is 5.96. The third-order valence-electron chi connectivity index (χ3n) is 6.93. The highest BCUT2D eigenvalue weighted by Crippen LogP contribution is 2.28. The van der Waals surface area contributed by atoms with Gasteiger partial charge in [-0.1, -0.05) is 37.6 Å². The number of aryl methyl sites for hydroxylation is 2. The van der Waals surface area contributed by atoms with Crippen molar-refractivity contribution in [3.05, 3.63) is 65.4 Å². The van der Waals surface area contributed by atoms with Crippen molar-refractivity contribution in [3.8, 4) is 17.0 Å². The van der Waals surface area contributed by atoms with Gasteiger partial charge in [0.25, 0.3) is 5.91 Å². The van der Waals surface area contributed by atoms with E-state index in [1.165, 1.54) is 18.5 Å². The van der Waals surface area contributed by atoms with Crippen LogP contribution in [0.3, 0.4) is 0 Å². The van der Waals surface area contributed by atoms with Gasteiger partial charge in [0.15, 0.2) is 5.69 Å². The molecule has 0 radical (unpaired) electrons. The number of hydrogen-bond donors (Lipinski definition) is 2. The molecule has 3 aromatic rings. The van der Waals surface area contributed by atoms with Gasteiger partial charge in [0.2, 0.25) is 5.60 Å². The Kier molecular flexibility index (Phi) is 7.86. The van der Waals surface area contributed by atoms with Gasteiger partial charge in [-0.3, -0.25) is 9.48 Å². The van der Waals surface area contributed by atoms with Gasteiger partial charge in [-0.05, 0) is 68.5 Å². The van der Waals surface area contributed by atoms with E-state index in [9.17, 15) is 14.7 Å². The second-order valence-corrected chi connectivity index (χ2v) is 9.95. The van der Waals surface area contributed by atoms with E-state index in [1.54, 1.807) is 17.7 Å². The average molecular weight is 505 g/mol. The molecule has 1 aliphatic heterocycles. The first-order valence-corrected chi connectivity index (χ1v) is 12.9. The molecule has 2 heterocycles. The van der Waals surface area contributed by atoms with E-state index in [-0.39, 0.29) is 5.91 Å². The minimum Gasteiger partial charge on any atom is -0.478 e. The second-order valence-electron chi connectivity index (χ2n) is 9.95. The maximum absolute atomic E-state index is 12.9. The predicted molar refractivity (Wildman–Crippen MR) is 144 cm³/mol. The van der Waals surface area contributed by atoms with Crippen molar-refractivity contribution in [2.24, 2.45) is 7.05 Å². The molecule has 196 valence electrons. The van der Waals surface area contributed by atoms with Gasteiger partial charge < -0.3 is 20.1 Å². The van der Waals surface area contributed by atoms with Gasteiger partial charge in [-0.2, -0.15) is 5.10 Å². The van der Waals surface area contributed by atoms with E-state index in [2.05, 4.69) is 27.4 Å². The summed E-state index contributed by atoms with van der Waals surface area (Å²) in [4.78, 5) is 27.0. The minimum absolute atomic E-state index is 0.253. The fourth-order valence-corrected chi connectivity index (χ4v) is 4.82. The Morgan fingerprint density at radius 2 is 1.89 bits per heavy atom. The summed E-state index contributed by atoms with van der Waals surface area (Å²) in [5.41, 5.74) is 3.90. The van der Waals surface area contributed by atoms with Crippen LogP contribution in [0.25, 0.3) is 11.3 Å². The van der Waals surface area contributed by atoms with Crippen LogP contribution in [0.4, 0.5) is 5.69 Å². The maximum atomic E-state index is 12.9. The Balaban J connectivity index is 1.42. The normalized spacial score (nSPS) is 14.9. The standard InChI is InChI=1S/C29H36N4O4/c1-5-13-29(3,28(35)36)37-26-12-11-21(16-20(26)2)19-30-27(34)24-18-25(32(4)31-24)22-9-8-10-23(17-22)33-14-6-7-15-33/h8-12,16-18H,5-7,13-15,19H2,1-4H3,(H,30,34)(H,35,36). The fourth-order valence-electron chi connectivity index (χ4n) is 4.82. The molecule has 1 unspecified atom stereocenters. The third-order valence-corrected chi connectivity index (χ3v) is 6.93. The van der Waals surface area contributed by atoms with E-state index < -0.39 is 11.6 Å². The van der Waals surface area contributed by atoms with Crippen LogP contribution in [-0.2, 0) is 18.4 Å². The highest BCUT2D eigenvalue weighted by atomic mass is 16.5.